The molecule has 21 heavy (non-hydrogen) atoms. The molecular formula is C16H21FN2O2. The Hall–Kier alpha value is -1.62. The first-order chi connectivity index (χ1) is 10.1. The van der Waals surface area contributed by atoms with Crippen molar-refractivity contribution in [1.29, 1.82) is 0 Å². The molecule has 2 saturated carbocycles. The molecule has 114 valence electrons. The number of carbonyl (C=O) groups is 1. The van der Waals surface area contributed by atoms with E-state index in [4.69, 9.17) is 0 Å². The van der Waals surface area contributed by atoms with Crippen LogP contribution in [-0.4, -0.2) is 23.8 Å². The number of aliphatic hydroxyl groups is 1. The first-order valence-corrected chi connectivity index (χ1v) is 7.53. The summed E-state index contributed by atoms with van der Waals surface area (Å²) >= 11 is 0. The fourth-order valence-electron chi connectivity index (χ4n) is 3.93. The van der Waals surface area contributed by atoms with Gasteiger partial charge in [0.15, 0.2) is 0 Å². The first-order valence-electron chi connectivity index (χ1n) is 7.53. The van der Waals surface area contributed by atoms with Gasteiger partial charge in [0.1, 0.15) is 5.82 Å². The fraction of sp³-hybridized carbons (Fsp3) is 0.562. The molecule has 2 aliphatic carbocycles. The SMILES string of the molecule is Cc1ccc(NC(=O)NC2C3CCC(C3)C2CO)c(F)c1. The van der Waals surface area contributed by atoms with Crippen molar-refractivity contribution in [3.63, 3.8) is 0 Å². The molecule has 2 amide bonds. The van der Waals surface area contributed by atoms with Gasteiger partial charge in [-0.05, 0) is 55.7 Å². The summed E-state index contributed by atoms with van der Waals surface area (Å²) in [5, 5.41) is 15.0. The summed E-state index contributed by atoms with van der Waals surface area (Å²) in [6.07, 6.45) is 3.32. The van der Waals surface area contributed by atoms with Gasteiger partial charge < -0.3 is 15.7 Å². The maximum atomic E-state index is 13.7. The van der Waals surface area contributed by atoms with Crippen LogP contribution < -0.4 is 10.6 Å². The summed E-state index contributed by atoms with van der Waals surface area (Å²) in [6, 6.07) is 4.32. The van der Waals surface area contributed by atoms with Crippen LogP contribution in [0.4, 0.5) is 14.9 Å². The molecule has 1 aromatic carbocycles. The van der Waals surface area contributed by atoms with E-state index in [0.29, 0.717) is 11.8 Å². The number of halogens is 1. The molecule has 4 unspecified atom stereocenters. The van der Waals surface area contributed by atoms with Gasteiger partial charge in [0.05, 0.1) is 5.69 Å². The van der Waals surface area contributed by atoms with Gasteiger partial charge in [-0.1, -0.05) is 6.07 Å². The van der Waals surface area contributed by atoms with Crippen molar-refractivity contribution >= 4 is 11.7 Å². The smallest absolute Gasteiger partial charge is 0.319 e. The second-order valence-corrected chi connectivity index (χ2v) is 6.29. The Morgan fingerprint density at radius 2 is 2.14 bits per heavy atom. The van der Waals surface area contributed by atoms with E-state index in [1.807, 2.05) is 0 Å². The van der Waals surface area contributed by atoms with Gasteiger partial charge >= 0.3 is 6.03 Å². The van der Waals surface area contributed by atoms with E-state index in [0.717, 1.165) is 24.8 Å². The average Bonchev–Trinajstić information content (AvgIpc) is 3.03. The summed E-state index contributed by atoms with van der Waals surface area (Å²) in [4.78, 5) is 12.1. The van der Waals surface area contributed by atoms with Crippen LogP contribution in [0.2, 0.25) is 0 Å². The van der Waals surface area contributed by atoms with E-state index in [-0.39, 0.29) is 24.3 Å². The van der Waals surface area contributed by atoms with E-state index >= 15 is 0 Å². The average molecular weight is 292 g/mol. The molecule has 0 heterocycles. The van der Waals surface area contributed by atoms with Gasteiger partial charge in [-0.25, -0.2) is 9.18 Å². The van der Waals surface area contributed by atoms with Crippen molar-refractivity contribution in [2.24, 2.45) is 17.8 Å². The van der Waals surface area contributed by atoms with Crippen molar-refractivity contribution in [1.82, 2.24) is 5.32 Å². The Bertz CT molecular complexity index is 549. The van der Waals surface area contributed by atoms with Crippen molar-refractivity contribution < 1.29 is 14.3 Å². The van der Waals surface area contributed by atoms with Crippen LogP contribution in [0.5, 0.6) is 0 Å². The highest BCUT2D eigenvalue weighted by Gasteiger charge is 2.47. The van der Waals surface area contributed by atoms with E-state index in [2.05, 4.69) is 10.6 Å². The van der Waals surface area contributed by atoms with Gasteiger partial charge in [0, 0.05) is 18.6 Å². The maximum absolute atomic E-state index is 13.7. The van der Waals surface area contributed by atoms with Crippen LogP contribution in [0.3, 0.4) is 0 Å². The number of urea groups is 1. The Morgan fingerprint density at radius 1 is 1.38 bits per heavy atom. The predicted molar refractivity (Wildman–Crippen MR) is 78.5 cm³/mol. The summed E-state index contributed by atoms with van der Waals surface area (Å²) in [7, 11) is 0. The molecule has 4 nitrogen and oxygen atoms in total. The highest BCUT2D eigenvalue weighted by Crippen LogP contribution is 2.48. The van der Waals surface area contributed by atoms with E-state index in [1.54, 1.807) is 19.1 Å². The van der Waals surface area contributed by atoms with Crippen molar-refractivity contribution in [3.05, 3.63) is 29.6 Å². The van der Waals surface area contributed by atoms with Crippen molar-refractivity contribution in [2.75, 3.05) is 11.9 Å². The molecule has 0 aliphatic heterocycles. The summed E-state index contributed by atoms with van der Waals surface area (Å²) < 4.78 is 13.7. The Labute approximate surface area is 123 Å². The lowest BCUT2D eigenvalue weighted by Gasteiger charge is -2.30. The Balaban J connectivity index is 1.64. The number of nitrogens with one attached hydrogen (secondary N) is 2. The molecule has 1 aromatic rings. The molecule has 2 fully saturated rings. The van der Waals surface area contributed by atoms with E-state index < -0.39 is 11.8 Å². The highest BCUT2D eigenvalue weighted by atomic mass is 19.1. The molecule has 5 heteroatoms. The molecule has 0 aromatic heterocycles. The zero-order valence-corrected chi connectivity index (χ0v) is 12.1. The minimum atomic E-state index is -0.434. The number of hydrogen-bond donors (Lipinski definition) is 3. The summed E-state index contributed by atoms with van der Waals surface area (Å²) in [6.45, 7) is 1.90. The minimum Gasteiger partial charge on any atom is -0.396 e. The van der Waals surface area contributed by atoms with E-state index in [9.17, 15) is 14.3 Å². The van der Waals surface area contributed by atoms with Gasteiger partial charge in [-0.15, -0.1) is 0 Å². The number of benzene rings is 1. The second kappa shape index (κ2) is 5.64. The fourth-order valence-corrected chi connectivity index (χ4v) is 3.93. The third-order valence-electron chi connectivity index (χ3n) is 4.97. The predicted octanol–water partition coefficient (Wildman–Crippen LogP) is 2.66. The van der Waals surface area contributed by atoms with Gasteiger partial charge in [-0.2, -0.15) is 0 Å². The van der Waals surface area contributed by atoms with Gasteiger partial charge in [0.25, 0.3) is 0 Å². The summed E-state index contributed by atoms with van der Waals surface area (Å²) in [5.74, 6) is 0.663. The Kier molecular flexibility index (Phi) is 3.85. The molecule has 3 rings (SSSR count). The number of anilines is 1. The lowest BCUT2D eigenvalue weighted by molar-refractivity contribution is 0.146. The molecular weight excluding hydrogens is 271 g/mol. The third-order valence-corrected chi connectivity index (χ3v) is 4.97. The van der Waals surface area contributed by atoms with Crippen LogP contribution in [0, 0.1) is 30.5 Å². The van der Waals surface area contributed by atoms with Crippen LogP contribution in [-0.2, 0) is 0 Å². The van der Waals surface area contributed by atoms with E-state index in [1.165, 1.54) is 6.07 Å². The zero-order chi connectivity index (χ0) is 15.0. The Morgan fingerprint density at radius 3 is 2.86 bits per heavy atom. The number of aryl methyl sites for hydroxylation is 1. The highest BCUT2D eigenvalue weighted by molar-refractivity contribution is 5.89. The lowest BCUT2D eigenvalue weighted by Crippen LogP contribution is -2.46. The minimum absolute atomic E-state index is 0.00209. The quantitative estimate of drug-likeness (QED) is 0.802. The molecule has 0 radical (unpaired) electrons. The monoisotopic (exact) mass is 292 g/mol. The van der Waals surface area contributed by atoms with Crippen LogP contribution >= 0.6 is 0 Å². The van der Waals surface area contributed by atoms with Crippen molar-refractivity contribution in [2.45, 2.75) is 32.2 Å². The lowest BCUT2D eigenvalue weighted by atomic mass is 9.85. The second-order valence-electron chi connectivity index (χ2n) is 6.29. The molecule has 0 spiro atoms. The normalized spacial score (nSPS) is 30.4. The largest absolute Gasteiger partial charge is 0.396 e. The number of hydrogen-bond acceptors (Lipinski definition) is 2. The van der Waals surface area contributed by atoms with Crippen LogP contribution in [0.15, 0.2) is 18.2 Å². The maximum Gasteiger partial charge on any atom is 0.319 e. The summed E-state index contributed by atoms with van der Waals surface area (Å²) in [5.41, 5.74) is 0.994. The van der Waals surface area contributed by atoms with Gasteiger partial charge in [0.2, 0.25) is 0 Å². The topological polar surface area (TPSA) is 61.4 Å². The van der Waals surface area contributed by atoms with Crippen LogP contribution in [0.25, 0.3) is 0 Å². The first kappa shape index (κ1) is 14.3. The number of rotatable bonds is 3. The zero-order valence-electron chi connectivity index (χ0n) is 12.1. The van der Waals surface area contributed by atoms with Gasteiger partial charge in [-0.3, -0.25) is 0 Å². The van der Waals surface area contributed by atoms with Crippen molar-refractivity contribution in [3.8, 4) is 0 Å². The number of fused-ring (bicyclic) bond motifs is 2. The molecule has 3 N–H and O–H groups in total. The standard InChI is InChI=1S/C16H21FN2O2/c1-9-2-5-14(13(17)6-9)18-16(21)19-15-11-4-3-10(7-11)12(15)8-20/h2,5-6,10-12,15,20H,3-4,7-8H2,1H3,(H2,18,19,21). The van der Waals surface area contributed by atoms with Crippen LogP contribution in [0.1, 0.15) is 24.8 Å². The number of carbonyl (C=O) groups excluding carboxylic acids is 1. The molecule has 4 atom stereocenters. The molecule has 2 bridgehead atoms. The number of aliphatic hydroxyl groups excluding tert-OH is 1. The molecule has 2 aliphatic rings. The number of amides is 2. The molecule has 0 saturated heterocycles. The third kappa shape index (κ3) is 2.75.